The van der Waals surface area contributed by atoms with Crippen LogP contribution in [-0.2, 0) is 23.7 Å². The van der Waals surface area contributed by atoms with Crippen LogP contribution >= 0.6 is 0 Å². The van der Waals surface area contributed by atoms with Crippen LogP contribution in [0.1, 0.15) is 18.8 Å². The van der Waals surface area contributed by atoms with Crippen LogP contribution in [0.25, 0.3) is 0 Å². The summed E-state index contributed by atoms with van der Waals surface area (Å²) in [5.41, 5.74) is 0.843. The highest BCUT2D eigenvalue weighted by atomic mass is 16.7. The number of benzene rings is 1. The molecule has 7 heteroatoms. The maximum absolute atomic E-state index is 11.5. The van der Waals surface area contributed by atoms with Crippen molar-refractivity contribution in [3.8, 4) is 12.3 Å². The first kappa shape index (κ1) is 17.9. The summed E-state index contributed by atoms with van der Waals surface area (Å²) in [7, 11) is 0. The molecule has 2 saturated heterocycles. The molecule has 6 atom stereocenters. The summed E-state index contributed by atoms with van der Waals surface area (Å²) < 4.78 is 22.9. The molecule has 3 unspecified atom stereocenters. The lowest BCUT2D eigenvalue weighted by molar-refractivity contribution is -0.342. The Labute approximate surface area is 146 Å². The molecule has 2 aliphatic heterocycles. The largest absolute Gasteiger partial charge is 0.388 e. The summed E-state index contributed by atoms with van der Waals surface area (Å²) in [6.45, 7) is 1.58. The highest BCUT2D eigenvalue weighted by Gasteiger charge is 2.50. The summed E-state index contributed by atoms with van der Waals surface area (Å²) in [6, 6.07) is 8.63. The smallest absolute Gasteiger partial charge is 0.217 e. The average Bonchev–Trinajstić information content (AvgIpc) is 2.63. The number of carbonyl (C=O) groups excluding carboxylic acids is 1. The molecule has 0 aliphatic carbocycles. The average molecular weight is 347 g/mol. The third-order valence-electron chi connectivity index (χ3n) is 4.14. The quantitative estimate of drug-likeness (QED) is 0.764. The predicted molar refractivity (Wildman–Crippen MR) is 87.1 cm³/mol. The molecule has 0 spiro atoms. The fraction of sp³-hybridized carbons (Fsp3) is 0.500. The van der Waals surface area contributed by atoms with Gasteiger partial charge in [0.25, 0.3) is 0 Å². The van der Waals surface area contributed by atoms with Crippen molar-refractivity contribution in [2.75, 3.05) is 13.2 Å². The van der Waals surface area contributed by atoms with E-state index in [2.05, 4.69) is 11.2 Å². The van der Waals surface area contributed by atoms with Gasteiger partial charge in [0.2, 0.25) is 5.91 Å². The van der Waals surface area contributed by atoms with Gasteiger partial charge in [0.15, 0.2) is 12.6 Å². The number of fused-ring (bicyclic) bond motifs is 1. The van der Waals surface area contributed by atoms with E-state index < -0.39 is 36.9 Å². The molecule has 0 bridgehead atoms. The summed E-state index contributed by atoms with van der Waals surface area (Å²) in [4.78, 5) is 11.5. The number of amides is 1. The fourth-order valence-corrected chi connectivity index (χ4v) is 3.03. The first-order valence-corrected chi connectivity index (χ1v) is 8.08. The molecular formula is C18H21NO6. The van der Waals surface area contributed by atoms with Gasteiger partial charge in [-0.25, -0.2) is 0 Å². The van der Waals surface area contributed by atoms with Crippen molar-refractivity contribution in [3.05, 3.63) is 35.9 Å². The van der Waals surface area contributed by atoms with E-state index in [0.29, 0.717) is 0 Å². The van der Waals surface area contributed by atoms with Gasteiger partial charge in [0, 0.05) is 12.5 Å². The van der Waals surface area contributed by atoms with Gasteiger partial charge in [-0.2, -0.15) is 0 Å². The van der Waals surface area contributed by atoms with Crippen molar-refractivity contribution in [1.29, 1.82) is 0 Å². The van der Waals surface area contributed by atoms with Crippen LogP contribution < -0.4 is 5.32 Å². The normalized spacial score (nSPS) is 34.6. The van der Waals surface area contributed by atoms with Crippen molar-refractivity contribution in [2.24, 2.45) is 0 Å². The minimum absolute atomic E-state index is 0.000781. The summed E-state index contributed by atoms with van der Waals surface area (Å²) in [5.74, 6) is 2.03. The lowest BCUT2D eigenvalue weighted by atomic mass is 9.95. The molecule has 0 aromatic heterocycles. The molecule has 1 amide bonds. The molecule has 0 radical (unpaired) electrons. The number of ether oxygens (including phenoxy) is 4. The summed E-state index contributed by atoms with van der Waals surface area (Å²) in [5, 5.41) is 13.4. The molecule has 1 aromatic rings. The van der Waals surface area contributed by atoms with E-state index in [4.69, 9.17) is 25.4 Å². The van der Waals surface area contributed by atoms with Gasteiger partial charge in [0.1, 0.15) is 31.0 Å². The Kier molecular flexibility index (Phi) is 5.68. The topological polar surface area (TPSA) is 86.2 Å². The number of aliphatic hydroxyl groups excluding tert-OH is 1. The molecule has 1 aromatic carbocycles. The Bertz CT molecular complexity index is 630. The summed E-state index contributed by atoms with van der Waals surface area (Å²) >= 11 is 0. The first-order valence-electron chi connectivity index (χ1n) is 8.08. The van der Waals surface area contributed by atoms with Crippen LogP contribution in [0.2, 0.25) is 0 Å². The molecule has 134 valence electrons. The standard InChI is InChI=1S/C18H21NO6/c1-3-9-22-18-14(19-11(2)20)15(21)16-13(24-18)10-23-17(25-16)12-7-5-4-6-8-12/h1,4-8,13-18,21H,9-10H2,2H3,(H,19,20)/t13?,14-,15?,16+,17?,18+/m1/s1. The van der Waals surface area contributed by atoms with Gasteiger partial charge >= 0.3 is 0 Å². The van der Waals surface area contributed by atoms with Gasteiger partial charge in [-0.1, -0.05) is 36.3 Å². The van der Waals surface area contributed by atoms with Crippen LogP contribution in [-0.4, -0.2) is 54.9 Å². The van der Waals surface area contributed by atoms with Gasteiger partial charge in [-0.3, -0.25) is 4.79 Å². The number of nitrogens with one attached hydrogen (secondary N) is 1. The monoisotopic (exact) mass is 347 g/mol. The zero-order valence-electron chi connectivity index (χ0n) is 13.8. The molecule has 2 fully saturated rings. The van der Waals surface area contributed by atoms with Crippen molar-refractivity contribution in [2.45, 2.75) is 43.9 Å². The van der Waals surface area contributed by atoms with Crippen LogP contribution in [0.5, 0.6) is 0 Å². The maximum atomic E-state index is 11.5. The number of hydrogen-bond donors (Lipinski definition) is 2. The van der Waals surface area contributed by atoms with E-state index in [1.807, 2.05) is 30.3 Å². The van der Waals surface area contributed by atoms with E-state index >= 15 is 0 Å². The lowest BCUT2D eigenvalue weighted by Gasteiger charge is -2.47. The second-order valence-corrected chi connectivity index (χ2v) is 5.95. The molecule has 7 nitrogen and oxygen atoms in total. The predicted octanol–water partition coefficient (Wildman–Crippen LogP) is 0.341. The van der Waals surface area contributed by atoms with Gasteiger partial charge in [-0.05, 0) is 0 Å². The molecule has 2 heterocycles. The molecular weight excluding hydrogens is 326 g/mol. The number of rotatable bonds is 4. The minimum Gasteiger partial charge on any atom is -0.388 e. The summed E-state index contributed by atoms with van der Waals surface area (Å²) in [6.07, 6.45) is 1.51. The Morgan fingerprint density at radius 3 is 2.84 bits per heavy atom. The molecule has 25 heavy (non-hydrogen) atoms. The molecule has 2 aliphatic rings. The molecule has 2 N–H and O–H groups in total. The second-order valence-electron chi connectivity index (χ2n) is 5.95. The van der Waals surface area contributed by atoms with Crippen LogP contribution in [0.15, 0.2) is 30.3 Å². The Balaban J connectivity index is 1.75. The Morgan fingerprint density at radius 1 is 1.40 bits per heavy atom. The number of carbonyl (C=O) groups is 1. The maximum Gasteiger partial charge on any atom is 0.217 e. The highest BCUT2D eigenvalue weighted by Crippen LogP contribution is 2.34. The second kappa shape index (κ2) is 7.95. The van der Waals surface area contributed by atoms with Gasteiger partial charge in [-0.15, -0.1) is 6.42 Å². The zero-order valence-corrected chi connectivity index (χ0v) is 13.8. The van der Waals surface area contributed by atoms with Crippen LogP contribution in [0, 0.1) is 12.3 Å². The van der Waals surface area contributed by atoms with Crippen molar-refractivity contribution in [1.82, 2.24) is 5.32 Å². The lowest BCUT2D eigenvalue weighted by Crippen LogP contribution is -2.66. The van der Waals surface area contributed by atoms with E-state index in [1.54, 1.807) is 0 Å². The van der Waals surface area contributed by atoms with Crippen molar-refractivity contribution >= 4 is 5.91 Å². The van der Waals surface area contributed by atoms with Gasteiger partial charge < -0.3 is 29.4 Å². The Morgan fingerprint density at radius 2 is 2.16 bits per heavy atom. The highest BCUT2D eigenvalue weighted by molar-refractivity contribution is 5.73. The Hall–Kier alpha value is -1.95. The van der Waals surface area contributed by atoms with E-state index in [-0.39, 0.29) is 19.1 Å². The number of terminal acetylenes is 1. The number of aliphatic hydroxyl groups is 1. The van der Waals surface area contributed by atoms with Crippen molar-refractivity contribution < 1.29 is 28.8 Å². The molecule has 3 rings (SSSR count). The SMILES string of the molecule is C#CCO[C@H]1OC2COC(c3ccccc3)O[C@@H]2C(O)[C@H]1NC(C)=O. The fourth-order valence-electron chi connectivity index (χ4n) is 3.03. The molecule has 0 saturated carbocycles. The minimum atomic E-state index is -1.03. The van der Waals surface area contributed by atoms with Gasteiger partial charge in [0.05, 0.1) is 6.61 Å². The van der Waals surface area contributed by atoms with E-state index in [9.17, 15) is 9.90 Å². The first-order chi connectivity index (χ1) is 12.1. The van der Waals surface area contributed by atoms with E-state index in [0.717, 1.165) is 5.56 Å². The van der Waals surface area contributed by atoms with Crippen molar-refractivity contribution in [3.63, 3.8) is 0 Å². The number of hydrogen-bond acceptors (Lipinski definition) is 6. The zero-order chi connectivity index (χ0) is 17.8. The third-order valence-corrected chi connectivity index (χ3v) is 4.14. The van der Waals surface area contributed by atoms with E-state index in [1.165, 1.54) is 6.92 Å². The van der Waals surface area contributed by atoms with Crippen LogP contribution in [0.4, 0.5) is 0 Å². The van der Waals surface area contributed by atoms with Crippen LogP contribution in [0.3, 0.4) is 0 Å². The third kappa shape index (κ3) is 4.00.